The van der Waals surface area contributed by atoms with Gasteiger partial charge in [-0.2, -0.15) is 0 Å². The molecule has 4 bridgehead atoms. The van der Waals surface area contributed by atoms with Crippen molar-refractivity contribution in [3.05, 3.63) is 0 Å². The lowest BCUT2D eigenvalue weighted by molar-refractivity contribution is 0.507. The van der Waals surface area contributed by atoms with Gasteiger partial charge in [0.15, 0.2) is 0 Å². The second kappa shape index (κ2) is 7.43. The van der Waals surface area contributed by atoms with Crippen molar-refractivity contribution in [1.29, 1.82) is 0 Å². The fourth-order valence-corrected chi connectivity index (χ4v) is 23.5. The van der Waals surface area contributed by atoms with Gasteiger partial charge < -0.3 is 0 Å². The van der Waals surface area contributed by atoms with E-state index in [-0.39, 0.29) is 0 Å². The predicted molar refractivity (Wildman–Crippen MR) is 118 cm³/mol. The van der Waals surface area contributed by atoms with E-state index in [4.69, 9.17) is 0 Å². The van der Waals surface area contributed by atoms with Gasteiger partial charge >= 0.3 is 0 Å². The Bertz CT molecular complexity index is 386. The smallest absolute Gasteiger partial charge is 0.0318 e. The molecule has 8 unspecified atom stereocenters. The molecule has 8 atom stereocenters. The molecule has 124 valence electrons. The Kier molecular flexibility index (Phi) is 5.72. The molecule has 8 heteroatoms. The zero-order valence-corrected chi connectivity index (χ0v) is 18.7. The summed E-state index contributed by atoms with van der Waals surface area (Å²) in [5.74, 6) is 4.37. The SMILES string of the molecule is C1CC2CC1C1SSSC21.C1CC2CC1C1SSSSSC21. The highest BCUT2D eigenvalue weighted by molar-refractivity contribution is 9.36. The van der Waals surface area contributed by atoms with Crippen LogP contribution in [0.4, 0.5) is 0 Å². The first-order valence-corrected chi connectivity index (χ1v) is 18.1. The first-order chi connectivity index (χ1) is 10.9. The summed E-state index contributed by atoms with van der Waals surface area (Å²) in [6, 6.07) is 0. The molecule has 0 radical (unpaired) electrons. The second-order valence-electron chi connectivity index (χ2n) is 7.18. The maximum Gasteiger partial charge on any atom is 0.0318 e. The van der Waals surface area contributed by atoms with Gasteiger partial charge in [-0.1, -0.05) is 43.2 Å². The summed E-state index contributed by atoms with van der Waals surface area (Å²) in [7, 11) is 16.6. The fraction of sp³-hybridized carbons (Fsp3) is 1.00. The molecule has 4 aliphatic carbocycles. The van der Waals surface area contributed by atoms with Crippen LogP contribution in [0.2, 0.25) is 0 Å². The molecule has 22 heavy (non-hydrogen) atoms. The van der Waals surface area contributed by atoms with Crippen molar-refractivity contribution in [1.82, 2.24) is 0 Å². The molecule has 0 aromatic carbocycles. The minimum atomic E-state index is 0.987. The highest BCUT2D eigenvalue weighted by Crippen LogP contribution is 2.66. The van der Waals surface area contributed by atoms with Gasteiger partial charge in [-0.05, 0) is 102 Å². The molecule has 4 saturated carbocycles. The molecule has 0 N–H and O–H groups in total. The van der Waals surface area contributed by atoms with Gasteiger partial charge in [-0.3, -0.25) is 0 Å². The van der Waals surface area contributed by atoms with Crippen LogP contribution < -0.4 is 0 Å². The first-order valence-electron chi connectivity index (χ1n) is 8.21. The van der Waals surface area contributed by atoms with Crippen LogP contribution in [0, 0.1) is 23.7 Å². The van der Waals surface area contributed by atoms with Crippen molar-refractivity contribution >= 4 is 82.5 Å². The molecule has 0 amide bonds. The van der Waals surface area contributed by atoms with E-state index in [1.54, 1.807) is 25.7 Å². The van der Waals surface area contributed by atoms with Crippen LogP contribution in [-0.4, -0.2) is 21.0 Å². The second-order valence-corrected chi connectivity index (χ2v) is 19.5. The first kappa shape index (κ1) is 16.9. The van der Waals surface area contributed by atoms with Gasteiger partial charge in [0.25, 0.3) is 0 Å². The molecule has 0 nitrogen and oxygen atoms in total. The van der Waals surface area contributed by atoms with E-state index in [1.807, 2.05) is 39.3 Å². The number of hydrogen-bond donors (Lipinski definition) is 0. The van der Waals surface area contributed by atoms with Crippen LogP contribution in [0.5, 0.6) is 0 Å². The van der Waals surface area contributed by atoms with Gasteiger partial charge in [0, 0.05) is 21.0 Å². The Morgan fingerprint density at radius 1 is 0.409 bits per heavy atom. The van der Waals surface area contributed by atoms with Crippen LogP contribution in [0.15, 0.2) is 0 Å². The average molecular weight is 445 g/mol. The Morgan fingerprint density at radius 3 is 1.18 bits per heavy atom. The van der Waals surface area contributed by atoms with Gasteiger partial charge in [-0.25, -0.2) is 0 Å². The van der Waals surface area contributed by atoms with Crippen LogP contribution in [0.25, 0.3) is 0 Å². The summed E-state index contributed by atoms with van der Waals surface area (Å²) < 4.78 is 0. The fourth-order valence-electron chi connectivity index (χ4n) is 5.15. The largest absolute Gasteiger partial charge is 0.0776 e. The quantitative estimate of drug-likeness (QED) is 0.344. The highest BCUT2D eigenvalue weighted by atomic mass is 33.8. The Balaban J connectivity index is 0.000000104. The lowest BCUT2D eigenvalue weighted by atomic mass is 10.00. The normalized spacial score (nSPS) is 54.5. The predicted octanol–water partition coefficient (Wildman–Crippen LogP) is 7.69. The lowest BCUT2D eigenvalue weighted by Gasteiger charge is -2.26. The van der Waals surface area contributed by atoms with Crippen LogP contribution in [-0.2, 0) is 0 Å². The number of rotatable bonds is 0. The molecule has 6 aliphatic rings. The van der Waals surface area contributed by atoms with Crippen LogP contribution >= 0.6 is 82.5 Å². The molecule has 0 spiro atoms. The molecular formula is C14H20S8. The summed E-state index contributed by atoms with van der Waals surface area (Å²) >= 11 is 0. The van der Waals surface area contributed by atoms with E-state index < -0.39 is 0 Å². The van der Waals surface area contributed by atoms with Crippen molar-refractivity contribution in [2.24, 2.45) is 23.7 Å². The summed E-state index contributed by atoms with van der Waals surface area (Å²) in [6.45, 7) is 0. The minimum absolute atomic E-state index is 0.987. The molecule has 0 aromatic heterocycles. The molecule has 2 aliphatic heterocycles. The van der Waals surface area contributed by atoms with E-state index in [0.29, 0.717) is 0 Å². The van der Waals surface area contributed by atoms with E-state index >= 15 is 0 Å². The van der Waals surface area contributed by atoms with Crippen molar-refractivity contribution < 1.29 is 0 Å². The third-order valence-corrected chi connectivity index (χ3v) is 21.3. The minimum Gasteiger partial charge on any atom is -0.0776 e. The third kappa shape index (κ3) is 3.13. The van der Waals surface area contributed by atoms with Crippen molar-refractivity contribution in [3.8, 4) is 0 Å². The Hall–Kier alpha value is 2.80. The highest BCUT2D eigenvalue weighted by Gasteiger charge is 2.51. The van der Waals surface area contributed by atoms with E-state index in [1.165, 1.54) is 12.8 Å². The maximum atomic E-state index is 2.16. The van der Waals surface area contributed by atoms with Crippen molar-refractivity contribution in [2.75, 3.05) is 0 Å². The summed E-state index contributed by atoms with van der Waals surface area (Å²) in [5.41, 5.74) is 0. The molecule has 0 aromatic rings. The summed E-state index contributed by atoms with van der Waals surface area (Å²) in [4.78, 5) is 0. The van der Waals surface area contributed by atoms with Gasteiger partial charge in [-0.15, -0.1) is 0 Å². The topological polar surface area (TPSA) is 0 Å². The Morgan fingerprint density at radius 2 is 0.773 bits per heavy atom. The molecule has 6 rings (SSSR count). The summed E-state index contributed by atoms with van der Waals surface area (Å²) in [6.07, 6.45) is 9.24. The molecular weight excluding hydrogens is 425 g/mol. The van der Waals surface area contributed by atoms with Crippen LogP contribution in [0.1, 0.15) is 38.5 Å². The zero-order valence-electron chi connectivity index (χ0n) is 12.1. The lowest BCUT2D eigenvalue weighted by Crippen LogP contribution is -2.25. The molecule has 2 saturated heterocycles. The maximum absolute atomic E-state index is 2.16. The van der Waals surface area contributed by atoms with Crippen molar-refractivity contribution in [2.45, 2.75) is 59.5 Å². The Labute approximate surface area is 164 Å². The number of hydrogen-bond acceptors (Lipinski definition) is 8. The van der Waals surface area contributed by atoms with Gasteiger partial charge in [0.05, 0.1) is 0 Å². The van der Waals surface area contributed by atoms with E-state index in [0.717, 1.165) is 44.7 Å². The van der Waals surface area contributed by atoms with E-state index in [2.05, 4.69) is 43.2 Å². The monoisotopic (exact) mass is 444 g/mol. The molecule has 6 fully saturated rings. The molecule has 2 heterocycles. The zero-order chi connectivity index (χ0) is 14.5. The summed E-state index contributed by atoms with van der Waals surface area (Å²) in [5, 5.41) is 4.07. The van der Waals surface area contributed by atoms with Gasteiger partial charge in [0.2, 0.25) is 0 Å². The van der Waals surface area contributed by atoms with Gasteiger partial charge in [0.1, 0.15) is 0 Å². The average Bonchev–Trinajstić information content (AvgIpc) is 3.31. The third-order valence-electron chi connectivity index (χ3n) is 6.19. The van der Waals surface area contributed by atoms with E-state index in [9.17, 15) is 0 Å². The standard InChI is InChI=1S/C7H10S5.C7H10S3/c1-2-5-3-4(1)6-7(5)9-11-12-10-8-6;1-2-5-3-4(1)6-7(5)9-10-8-6/h4-7H,1-3H2;4-7H,1-3H2. The van der Waals surface area contributed by atoms with Crippen molar-refractivity contribution in [3.63, 3.8) is 0 Å². The number of fused-ring (bicyclic) bond motifs is 10. The van der Waals surface area contributed by atoms with Crippen LogP contribution in [0.3, 0.4) is 0 Å².